The van der Waals surface area contributed by atoms with Gasteiger partial charge in [0, 0.05) is 38.3 Å². The molecular weight excluding hydrogens is 420 g/mol. The van der Waals surface area contributed by atoms with Crippen LogP contribution in [0, 0.1) is 0 Å². The molecule has 0 aliphatic carbocycles. The summed E-state index contributed by atoms with van der Waals surface area (Å²) in [6.45, 7) is 2.14. The van der Waals surface area contributed by atoms with Crippen LogP contribution in [0.5, 0.6) is 0 Å². The molecule has 1 aliphatic rings. The monoisotopic (exact) mass is 446 g/mol. The molecule has 2 amide bonds. The van der Waals surface area contributed by atoms with Crippen molar-refractivity contribution in [3.8, 4) is 0 Å². The van der Waals surface area contributed by atoms with E-state index in [1.807, 2.05) is 60.7 Å². The number of benzene rings is 4. The molecule has 4 aromatic rings. The summed E-state index contributed by atoms with van der Waals surface area (Å²) in [4.78, 5) is 29.1. The van der Waals surface area contributed by atoms with Crippen LogP contribution in [0.2, 0.25) is 0 Å². The van der Waals surface area contributed by atoms with Gasteiger partial charge in [-0.2, -0.15) is 0 Å². The predicted molar refractivity (Wildman–Crippen MR) is 139 cm³/mol. The van der Waals surface area contributed by atoms with Gasteiger partial charge in [0.05, 0.1) is 0 Å². The minimum absolute atomic E-state index is 0.0219. The molecule has 1 saturated heterocycles. The smallest absolute Gasteiger partial charge is 0.246 e. The Kier molecular flexibility index (Phi) is 6.21. The van der Waals surface area contributed by atoms with Crippen LogP contribution in [0.3, 0.4) is 0 Å². The zero-order valence-corrected chi connectivity index (χ0v) is 18.9. The van der Waals surface area contributed by atoms with Crippen molar-refractivity contribution in [1.29, 1.82) is 0 Å². The Hall–Kier alpha value is -4.18. The van der Waals surface area contributed by atoms with Crippen LogP contribution in [0.4, 0.5) is 0 Å². The number of rotatable bonds is 4. The van der Waals surface area contributed by atoms with E-state index in [2.05, 4.69) is 36.4 Å². The molecule has 168 valence electrons. The average Bonchev–Trinajstić information content (AvgIpc) is 2.90. The van der Waals surface area contributed by atoms with Gasteiger partial charge in [-0.05, 0) is 44.8 Å². The number of piperazine rings is 1. The van der Waals surface area contributed by atoms with E-state index in [0.29, 0.717) is 26.2 Å². The Labute approximate surface area is 199 Å². The van der Waals surface area contributed by atoms with Crippen molar-refractivity contribution in [3.63, 3.8) is 0 Å². The summed E-state index contributed by atoms with van der Waals surface area (Å²) in [6.07, 6.45) is 7.05. The number of hydrogen-bond donors (Lipinski definition) is 0. The van der Waals surface area contributed by atoms with E-state index in [0.717, 1.165) is 32.7 Å². The lowest BCUT2D eigenvalue weighted by molar-refractivity contribution is -0.133. The lowest BCUT2D eigenvalue weighted by Gasteiger charge is -2.33. The highest BCUT2D eigenvalue weighted by Gasteiger charge is 2.21. The van der Waals surface area contributed by atoms with Crippen molar-refractivity contribution in [2.75, 3.05) is 26.2 Å². The Morgan fingerprint density at radius 2 is 0.912 bits per heavy atom. The summed E-state index contributed by atoms with van der Waals surface area (Å²) in [7, 11) is 0. The maximum atomic E-state index is 12.7. The van der Waals surface area contributed by atoms with E-state index in [4.69, 9.17) is 0 Å². The van der Waals surface area contributed by atoms with Gasteiger partial charge >= 0.3 is 0 Å². The maximum absolute atomic E-state index is 12.7. The van der Waals surface area contributed by atoms with Crippen LogP contribution in [0.25, 0.3) is 33.7 Å². The molecule has 1 fully saturated rings. The molecule has 4 nitrogen and oxygen atoms in total. The van der Waals surface area contributed by atoms with Crippen molar-refractivity contribution >= 4 is 45.5 Å². The number of amides is 2. The molecule has 0 aromatic heterocycles. The highest BCUT2D eigenvalue weighted by atomic mass is 16.2. The van der Waals surface area contributed by atoms with Crippen LogP contribution in [-0.2, 0) is 9.59 Å². The predicted octanol–water partition coefficient (Wildman–Crippen LogP) is 5.39. The fraction of sp³-hybridized carbons (Fsp3) is 0.133. The first-order valence-electron chi connectivity index (χ1n) is 11.6. The van der Waals surface area contributed by atoms with Crippen LogP contribution in [-0.4, -0.2) is 47.8 Å². The summed E-state index contributed by atoms with van der Waals surface area (Å²) in [5, 5.41) is 4.56. The van der Waals surface area contributed by atoms with Gasteiger partial charge in [-0.25, -0.2) is 0 Å². The molecule has 0 N–H and O–H groups in total. The summed E-state index contributed by atoms with van der Waals surface area (Å²) in [6, 6.07) is 28.5. The van der Waals surface area contributed by atoms with Gasteiger partial charge in [0.15, 0.2) is 0 Å². The third-order valence-corrected chi connectivity index (χ3v) is 6.36. The molecule has 0 unspecified atom stereocenters. The van der Waals surface area contributed by atoms with Crippen LogP contribution >= 0.6 is 0 Å². The number of hydrogen-bond acceptors (Lipinski definition) is 2. The molecule has 0 bridgehead atoms. The summed E-state index contributed by atoms with van der Waals surface area (Å²) in [5.41, 5.74) is 2.05. The Bertz CT molecular complexity index is 1290. The van der Waals surface area contributed by atoms with Gasteiger partial charge in [0.2, 0.25) is 11.8 Å². The molecule has 1 heterocycles. The Balaban J connectivity index is 1.19. The maximum Gasteiger partial charge on any atom is 0.246 e. The highest BCUT2D eigenvalue weighted by molar-refractivity contribution is 5.98. The van der Waals surface area contributed by atoms with Crippen LogP contribution < -0.4 is 0 Å². The first-order chi connectivity index (χ1) is 16.7. The number of nitrogens with zero attached hydrogens (tertiary/aromatic N) is 2. The van der Waals surface area contributed by atoms with Crippen LogP contribution in [0.1, 0.15) is 11.1 Å². The van der Waals surface area contributed by atoms with E-state index in [1.54, 1.807) is 22.0 Å². The van der Waals surface area contributed by atoms with Gasteiger partial charge in [0.25, 0.3) is 0 Å². The quantitative estimate of drug-likeness (QED) is 0.394. The molecule has 0 spiro atoms. The zero-order valence-electron chi connectivity index (χ0n) is 18.9. The van der Waals surface area contributed by atoms with E-state index in [-0.39, 0.29) is 11.8 Å². The topological polar surface area (TPSA) is 40.6 Å². The van der Waals surface area contributed by atoms with E-state index >= 15 is 0 Å². The van der Waals surface area contributed by atoms with Gasteiger partial charge in [-0.15, -0.1) is 0 Å². The molecule has 0 radical (unpaired) electrons. The average molecular weight is 447 g/mol. The van der Waals surface area contributed by atoms with Gasteiger partial charge in [-0.1, -0.05) is 84.9 Å². The fourth-order valence-electron chi connectivity index (χ4n) is 4.47. The van der Waals surface area contributed by atoms with Crippen molar-refractivity contribution in [2.45, 2.75) is 0 Å². The number of fused-ring (bicyclic) bond motifs is 2. The second kappa shape index (κ2) is 9.75. The van der Waals surface area contributed by atoms with Crippen molar-refractivity contribution in [1.82, 2.24) is 9.80 Å². The highest BCUT2D eigenvalue weighted by Crippen LogP contribution is 2.21. The number of carbonyl (C=O) groups is 2. The molecular formula is C30H26N2O2. The molecule has 4 aromatic carbocycles. The molecule has 5 rings (SSSR count). The van der Waals surface area contributed by atoms with Gasteiger partial charge in [-0.3, -0.25) is 9.59 Å². The first-order valence-corrected chi connectivity index (χ1v) is 11.6. The van der Waals surface area contributed by atoms with Crippen LogP contribution in [0.15, 0.2) is 97.1 Å². The molecule has 0 saturated carbocycles. The minimum atomic E-state index is -0.0219. The van der Waals surface area contributed by atoms with E-state index in [1.165, 1.54) is 0 Å². The van der Waals surface area contributed by atoms with Crippen molar-refractivity contribution in [2.24, 2.45) is 0 Å². The van der Waals surface area contributed by atoms with Crippen molar-refractivity contribution in [3.05, 3.63) is 108 Å². The third-order valence-electron chi connectivity index (χ3n) is 6.36. The minimum Gasteiger partial charge on any atom is -0.336 e. The largest absolute Gasteiger partial charge is 0.336 e. The number of carbonyl (C=O) groups excluding carboxylic acids is 2. The second-order valence-corrected chi connectivity index (χ2v) is 8.45. The Morgan fingerprint density at radius 1 is 0.529 bits per heavy atom. The SMILES string of the molecule is O=C(/C=C\c1cccc2ccccc12)N1CCN(C(=O)/C=C\c2cccc3ccccc23)CC1. The lowest BCUT2D eigenvalue weighted by Crippen LogP contribution is -2.49. The molecule has 34 heavy (non-hydrogen) atoms. The van der Waals surface area contributed by atoms with Gasteiger partial charge in [0.1, 0.15) is 0 Å². The normalized spacial score (nSPS) is 14.5. The lowest BCUT2D eigenvalue weighted by atomic mass is 10.0. The third kappa shape index (κ3) is 4.62. The van der Waals surface area contributed by atoms with Gasteiger partial charge < -0.3 is 9.80 Å². The fourth-order valence-corrected chi connectivity index (χ4v) is 4.47. The standard InChI is InChI=1S/C30H26N2O2/c33-29(17-15-25-11-5-9-23-7-1-3-13-27(23)25)31-19-21-32(22-20-31)30(34)18-16-26-12-6-10-24-8-2-4-14-28(24)26/h1-18H,19-22H2/b17-15-,18-16-. The summed E-state index contributed by atoms with van der Waals surface area (Å²) in [5.74, 6) is -0.0438. The van der Waals surface area contributed by atoms with Crippen molar-refractivity contribution < 1.29 is 9.59 Å². The molecule has 1 aliphatic heterocycles. The zero-order chi connectivity index (χ0) is 23.3. The molecule has 4 heteroatoms. The van der Waals surface area contributed by atoms with E-state index in [9.17, 15) is 9.59 Å². The second-order valence-electron chi connectivity index (χ2n) is 8.45. The summed E-state index contributed by atoms with van der Waals surface area (Å²) < 4.78 is 0. The Morgan fingerprint density at radius 3 is 1.35 bits per heavy atom. The van der Waals surface area contributed by atoms with E-state index < -0.39 is 0 Å². The first kappa shape index (κ1) is 21.7. The summed E-state index contributed by atoms with van der Waals surface area (Å²) >= 11 is 0. The molecule has 0 atom stereocenters.